The second-order valence-electron chi connectivity index (χ2n) is 7.40. The highest BCUT2D eigenvalue weighted by Crippen LogP contribution is 2.34. The van der Waals surface area contributed by atoms with Gasteiger partial charge in [0.1, 0.15) is 6.04 Å². The van der Waals surface area contributed by atoms with Crippen molar-refractivity contribution in [3.05, 3.63) is 35.4 Å². The third-order valence-corrected chi connectivity index (χ3v) is 8.08. The highest BCUT2D eigenvalue weighted by atomic mass is 32.2. The van der Waals surface area contributed by atoms with E-state index in [-0.39, 0.29) is 28.9 Å². The lowest BCUT2D eigenvalue weighted by Crippen LogP contribution is -2.55. The molecule has 4 rings (SSSR count). The molecular formula is C20H26N2O4S2. The number of nitrogens with one attached hydrogen (secondary N) is 1. The second-order valence-corrected chi connectivity index (χ2v) is 9.53. The number of carbonyl (C=O) groups is 2. The van der Waals surface area contributed by atoms with E-state index >= 15 is 0 Å². The average molecular weight is 423 g/mol. The van der Waals surface area contributed by atoms with Crippen molar-refractivity contribution in [1.29, 1.82) is 0 Å². The van der Waals surface area contributed by atoms with Crippen LogP contribution in [0.2, 0.25) is 0 Å². The summed E-state index contributed by atoms with van der Waals surface area (Å²) in [6, 6.07) is 7.65. The first-order chi connectivity index (χ1) is 13.6. The average Bonchev–Trinajstić information content (AvgIpc) is 3.46. The van der Waals surface area contributed by atoms with Crippen LogP contribution in [0.25, 0.3) is 0 Å². The van der Waals surface area contributed by atoms with Crippen LogP contribution in [0.1, 0.15) is 11.1 Å². The van der Waals surface area contributed by atoms with Crippen LogP contribution in [0.5, 0.6) is 0 Å². The highest BCUT2D eigenvalue weighted by molar-refractivity contribution is 8.01. The van der Waals surface area contributed by atoms with Gasteiger partial charge in [-0.2, -0.15) is 0 Å². The maximum absolute atomic E-state index is 13.3. The summed E-state index contributed by atoms with van der Waals surface area (Å²) in [6.45, 7) is 0. The number of ether oxygens (including phenoxy) is 2. The molecule has 152 valence electrons. The molecule has 2 saturated heterocycles. The Morgan fingerprint density at radius 1 is 1.18 bits per heavy atom. The topological polar surface area (TPSA) is 67.9 Å². The van der Waals surface area contributed by atoms with Crippen molar-refractivity contribution >= 4 is 35.2 Å². The molecule has 0 spiro atoms. The summed E-state index contributed by atoms with van der Waals surface area (Å²) in [5.74, 6) is 2.14. The summed E-state index contributed by atoms with van der Waals surface area (Å²) in [7, 11) is 3.18. The van der Waals surface area contributed by atoms with E-state index in [2.05, 4.69) is 17.4 Å². The number of benzene rings is 1. The Morgan fingerprint density at radius 3 is 2.50 bits per heavy atom. The monoisotopic (exact) mass is 422 g/mol. The van der Waals surface area contributed by atoms with Crippen molar-refractivity contribution in [3.8, 4) is 0 Å². The highest BCUT2D eigenvalue weighted by Gasteiger charge is 2.46. The molecule has 0 saturated carbocycles. The zero-order valence-electron chi connectivity index (χ0n) is 16.1. The number of Topliss-reactive ketones (excluding diaryl/α,β-unsaturated/α-hetero) is 1. The van der Waals surface area contributed by atoms with Crippen LogP contribution < -0.4 is 5.32 Å². The second kappa shape index (κ2) is 8.75. The molecule has 1 aromatic carbocycles. The number of amides is 1. The Kier molecular flexibility index (Phi) is 6.32. The van der Waals surface area contributed by atoms with Crippen LogP contribution in [-0.2, 0) is 31.9 Å². The maximum Gasteiger partial charge on any atom is 0.242 e. The molecule has 1 aliphatic carbocycles. The van der Waals surface area contributed by atoms with Gasteiger partial charge < -0.3 is 14.4 Å². The number of fused-ring (bicyclic) bond motifs is 1. The molecule has 0 radical (unpaired) electrons. The first-order valence-corrected chi connectivity index (χ1v) is 11.7. The molecule has 1 N–H and O–H groups in total. The SMILES string of the molecule is COC(OC)[C@@H]1CSCN1C(=O)[C@H]1NCSC1C(=O)C1Cc2ccccc2C1. The normalized spacial score (nSPS) is 27.5. The summed E-state index contributed by atoms with van der Waals surface area (Å²) < 4.78 is 10.8. The molecule has 1 aromatic rings. The molecule has 2 heterocycles. The van der Waals surface area contributed by atoms with E-state index in [9.17, 15) is 9.59 Å². The number of rotatable bonds is 6. The molecule has 28 heavy (non-hydrogen) atoms. The largest absolute Gasteiger partial charge is 0.354 e. The van der Waals surface area contributed by atoms with Crippen LogP contribution in [0.3, 0.4) is 0 Å². The van der Waals surface area contributed by atoms with Crippen LogP contribution >= 0.6 is 23.5 Å². The first kappa shape index (κ1) is 20.2. The number of hydrogen-bond acceptors (Lipinski definition) is 7. The van der Waals surface area contributed by atoms with E-state index in [0.717, 1.165) is 18.6 Å². The quantitative estimate of drug-likeness (QED) is 0.697. The fraction of sp³-hybridized carbons (Fsp3) is 0.600. The van der Waals surface area contributed by atoms with Gasteiger partial charge in [-0.1, -0.05) is 24.3 Å². The molecule has 0 bridgehead atoms. The Labute approximate surface area is 174 Å². The van der Waals surface area contributed by atoms with Crippen LogP contribution in [-0.4, -0.2) is 71.9 Å². The Bertz CT molecular complexity index is 718. The standard InChI is InChI=1S/C20H26N2O4S2/c1-25-20(26-2)15-9-27-11-22(15)19(24)16-18(28-10-21-16)17(23)14-7-12-5-3-4-6-13(12)8-14/h3-6,14-16,18,20-21H,7-11H2,1-2H3/t15-,16-,18?/m0/s1. The van der Waals surface area contributed by atoms with E-state index in [1.54, 1.807) is 37.7 Å². The first-order valence-electron chi connectivity index (χ1n) is 9.53. The van der Waals surface area contributed by atoms with E-state index in [4.69, 9.17) is 9.47 Å². The summed E-state index contributed by atoms with van der Waals surface area (Å²) in [6.07, 6.45) is 1.11. The van der Waals surface area contributed by atoms with Crippen LogP contribution in [0.4, 0.5) is 0 Å². The summed E-state index contributed by atoms with van der Waals surface area (Å²) in [5, 5.41) is 2.93. The molecular weight excluding hydrogens is 396 g/mol. The van der Waals surface area contributed by atoms with Crippen molar-refractivity contribution < 1.29 is 19.1 Å². The molecule has 3 atom stereocenters. The molecule has 6 nitrogen and oxygen atoms in total. The lowest BCUT2D eigenvalue weighted by Gasteiger charge is -2.32. The van der Waals surface area contributed by atoms with Crippen molar-refractivity contribution in [2.45, 2.75) is 36.5 Å². The number of thioether (sulfide) groups is 2. The number of ketones is 1. The van der Waals surface area contributed by atoms with E-state index in [1.165, 1.54) is 11.1 Å². The zero-order valence-corrected chi connectivity index (χ0v) is 17.8. The molecule has 0 aromatic heterocycles. The Balaban J connectivity index is 1.46. The van der Waals surface area contributed by atoms with Crippen LogP contribution in [0.15, 0.2) is 24.3 Å². The fourth-order valence-electron chi connectivity index (χ4n) is 4.39. The minimum absolute atomic E-state index is 0.0204. The van der Waals surface area contributed by atoms with Gasteiger partial charge >= 0.3 is 0 Å². The van der Waals surface area contributed by atoms with Crippen LogP contribution in [0, 0.1) is 5.92 Å². The summed E-state index contributed by atoms with van der Waals surface area (Å²) in [5.41, 5.74) is 2.53. The van der Waals surface area contributed by atoms with Crippen molar-refractivity contribution in [3.63, 3.8) is 0 Å². The molecule has 2 fully saturated rings. The van der Waals surface area contributed by atoms with Gasteiger partial charge in [-0.25, -0.2) is 0 Å². The van der Waals surface area contributed by atoms with E-state index < -0.39 is 12.3 Å². The van der Waals surface area contributed by atoms with E-state index in [1.807, 2.05) is 17.0 Å². The van der Waals surface area contributed by atoms with Gasteiger partial charge in [-0.3, -0.25) is 14.9 Å². The van der Waals surface area contributed by atoms with Crippen molar-refractivity contribution in [2.24, 2.45) is 5.92 Å². The number of carbonyl (C=O) groups excluding carboxylic acids is 2. The molecule has 2 aliphatic heterocycles. The van der Waals surface area contributed by atoms with Gasteiger partial charge in [0, 0.05) is 31.8 Å². The summed E-state index contributed by atoms with van der Waals surface area (Å²) in [4.78, 5) is 28.4. The lowest BCUT2D eigenvalue weighted by atomic mass is 9.94. The van der Waals surface area contributed by atoms with Crippen molar-refractivity contribution in [2.75, 3.05) is 31.7 Å². The number of nitrogens with zero attached hydrogens (tertiary/aromatic N) is 1. The molecule has 1 unspecified atom stereocenters. The van der Waals surface area contributed by atoms with Crippen molar-refractivity contribution in [1.82, 2.24) is 10.2 Å². The Morgan fingerprint density at radius 2 is 1.86 bits per heavy atom. The number of hydrogen-bond donors (Lipinski definition) is 1. The predicted molar refractivity (Wildman–Crippen MR) is 111 cm³/mol. The van der Waals surface area contributed by atoms with Gasteiger partial charge in [-0.05, 0) is 24.0 Å². The summed E-state index contributed by atoms with van der Waals surface area (Å²) >= 11 is 3.24. The van der Waals surface area contributed by atoms with Gasteiger partial charge in [0.05, 0.1) is 17.2 Å². The van der Waals surface area contributed by atoms with E-state index in [0.29, 0.717) is 11.8 Å². The maximum atomic E-state index is 13.3. The minimum atomic E-state index is -0.475. The third kappa shape index (κ3) is 3.73. The van der Waals surface area contributed by atoms with Gasteiger partial charge in [0.2, 0.25) is 5.91 Å². The smallest absolute Gasteiger partial charge is 0.242 e. The molecule has 1 amide bonds. The molecule has 8 heteroatoms. The number of methoxy groups -OCH3 is 2. The molecule has 3 aliphatic rings. The van der Waals surface area contributed by atoms with Gasteiger partial charge in [0.15, 0.2) is 12.1 Å². The fourth-order valence-corrected chi connectivity index (χ4v) is 6.80. The zero-order chi connectivity index (χ0) is 19.7. The van der Waals surface area contributed by atoms with Gasteiger partial charge in [0.25, 0.3) is 0 Å². The minimum Gasteiger partial charge on any atom is -0.354 e. The Hall–Kier alpha value is -1.06. The predicted octanol–water partition coefficient (Wildman–Crippen LogP) is 1.52. The third-order valence-electron chi connectivity index (χ3n) is 5.85. The lowest BCUT2D eigenvalue weighted by molar-refractivity contribution is -0.157. The van der Waals surface area contributed by atoms with Gasteiger partial charge in [-0.15, -0.1) is 23.5 Å².